The Hall–Kier alpha value is -3.49. The average Bonchev–Trinajstić information content (AvgIpc) is 2.81. The number of nitrogens with one attached hydrogen (secondary N) is 1. The maximum Gasteiger partial charge on any atom is 0.0606 e. The van der Waals surface area contributed by atoms with Crippen LogP contribution in [0.5, 0.6) is 0 Å². The summed E-state index contributed by atoms with van der Waals surface area (Å²) in [6.07, 6.45) is 8.78. The second-order valence-corrected chi connectivity index (χ2v) is 8.24. The lowest BCUT2D eigenvalue weighted by atomic mass is 10.0. The third-order valence-electron chi connectivity index (χ3n) is 5.10. The Labute approximate surface area is 181 Å². The molecule has 1 aliphatic rings. The van der Waals surface area contributed by atoms with E-state index in [-0.39, 0.29) is 0 Å². The van der Waals surface area contributed by atoms with Crippen molar-refractivity contribution in [3.8, 4) is 0 Å². The summed E-state index contributed by atoms with van der Waals surface area (Å²) >= 11 is 1.82. The van der Waals surface area contributed by atoms with Crippen molar-refractivity contribution in [2.45, 2.75) is 9.79 Å². The Morgan fingerprint density at radius 1 is 0.533 bits per heavy atom. The SMILES string of the molecule is C(=Cc1ccc2c(c1C=Cc1ccccc1)Nc1ccccc1S2)c1ccccc1. The molecule has 0 aliphatic carbocycles. The van der Waals surface area contributed by atoms with Crippen molar-refractivity contribution in [1.29, 1.82) is 0 Å². The molecule has 0 saturated heterocycles. The number of rotatable bonds is 4. The average molecular weight is 404 g/mol. The summed E-state index contributed by atoms with van der Waals surface area (Å²) in [6, 6.07) is 33.8. The van der Waals surface area contributed by atoms with Crippen molar-refractivity contribution in [1.82, 2.24) is 0 Å². The molecule has 2 heteroatoms. The van der Waals surface area contributed by atoms with Crippen LogP contribution in [0.25, 0.3) is 24.3 Å². The number of fused-ring (bicyclic) bond motifs is 2. The Morgan fingerprint density at radius 3 is 1.90 bits per heavy atom. The highest BCUT2D eigenvalue weighted by atomic mass is 32.2. The molecule has 0 saturated carbocycles. The molecule has 30 heavy (non-hydrogen) atoms. The zero-order chi connectivity index (χ0) is 20.2. The monoisotopic (exact) mass is 403 g/mol. The standard InChI is InChI=1S/C28H21NS/c1-3-9-21(10-4-1)15-17-23-18-20-27-28(29-25-13-7-8-14-26(25)30-27)24(23)19-16-22-11-5-2-6-12-22/h1-20,29H. The van der Waals surface area contributed by atoms with Gasteiger partial charge in [0.2, 0.25) is 0 Å². The van der Waals surface area contributed by atoms with Crippen LogP contribution in [0.4, 0.5) is 11.4 Å². The second-order valence-electron chi connectivity index (χ2n) is 7.15. The molecule has 1 aliphatic heterocycles. The van der Waals surface area contributed by atoms with E-state index < -0.39 is 0 Å². The van der Waals surface area contributed by atoms with Gasteiger partial charge < -0.3 is 5.32 Å². The van der Waals surface area contributed by atoms with Gasteiger partial charge in [0.25, 0.3) is 0 Å². The van der Waals surface area contributed by atoms with Crippen LogP contribution < -0.4 is 5.32 Å². The van der Waals surface area contributed by atoms with Gasteiger partial charge in [-0.05, 0) is 34.9 Å². The summed E-state index contributed by atoms with van der Waals surface area (Å²) in [6.45, 7) is 0. The van der Waals surface area contributed by atoms with Gasteiger partial charge in [-0.3, -0.25) is 0 Å². The van der Waals surface area contributed by atoms with E-state index in [1.807, 2.05) is 23.9 Å². The van der Waals surface area contributed by atoms with Gasteiger partial charge in [0.05, 0.1) is 11.4 Å². The van der Waals surface area contributed by atoms with Crippen LogP contribution in [-0.2, 0) is 0 Å². The number of benzene rings is 4. The number of para-hydroxylation sites is 1. The van der Waals surface area contributed by atoms with Gasteiger partial charge in [0.1, 0.15) is 0 Å². The predicted octanol–water partition coefficient (Wildman–Crippen LogP) is 8.24. The molecule has 1 N–H and O–H groups in total. The fourth-order valence-corrected chi connectivity index (χ4v) is 4.57. The molecule has 0 amide bonds. The molecule has 5 rings (SSSR count). The third-order valence-corrected chi connectivity index (χ3v) is 6.24. The van der Waals surface area contributed by atoms with Crippen LogP contribution in [0.3, 0.4) is 0 Å². The molecular weight excluding hydrogens is 382 g/mol. The lowest BCUT2D eigenvalue weighted by molar-refractivity contribution is 1.30. The maximum absolute atomic E-state index is 3.68. The summed E-state index contributed by atoms with van der Waals surface area (Å²) in [4.78, 5) is 2.51. The molecule has 144 valence electrons. The molecule has 0 radical (unpaired) electrons. The first-order valence-electron chi connectivity index (χ1n) is 10.0. The first-order valence-corrected chi connectivity index (χ1v) is 10.9. The Morgan fingerprint density at radius 2 is 1.17 bits per heavy atom. The van der Waals surface area contributed by atoms with E-state index in [2.05, 4.69) is 115 Å². The van der Waals surface area contributed by atoms with Crippen LogP contribution >= 0.6 is 11.8 Å². The van der Waals surface area contributed by atoms with Crippen LogP contribution in [0, 0.1) is 0 Å². The highest BCUT2D eigenvalue weighted by molar-refractivity contribution is 7.99. The maximum atomic E-state index is 3.68. The van der Waals surface area contributed by atoms with Crippen molar-refractivity contribution >= 4 is 47.4 Å². The van der Waals surface area contributed by atoms with E-state index >= 15 is 0 Å². The summed E-state index contributed by atoms with van der Waals surface area (Å²) in [5.74, 6) is 0. The lowest BCUT2D eigenvalue weighted by Crippen LogP contribution is -2.02. The Bertz CT molecular complexity index is 1220. The van der Waals surface area contributed by atoms with E-state index in [1.54, 1.807) is 0 Å². The zero-order valence-electron chi connectivity index (χ0n) is 16.5. The fourth-order valence-electron chi connectivity index (χ4n) is 3.56. The van der Waals surface area contributed by atoms with E-state index in [0.29, 0.717) is 0 Å². The van der Waals surface area contributed by atoms with Crippen molar-refractivity contribution in [2.75, 3.05) is 5.32 Å². The molecular formula is C28H21NS. The molecule has 0 aromatic heterocycles. The van der Waals surface area contributed by atoms with E-state index in [0.717, 1.165) is 5.69 Å². The van der Waals surface area contributed by atoms with Crippen molar-refractivity contribution in [3.05, 3.63) is 119 Å². The van der Waals surface area contributed by atoms with Gasteiger partial charge in [0.15, 0.2) is 0 Å². The smallest absolute Gasteiger partial charge is 0.0606 e. The minimum absolute atomic E-state index is 1.16. The van der Waals surface area contributed by atoms with E-state index in [1.165, 1.54) is 37.7 Å². The van der Waals surface area contributed by atoms with Gasteiger partial charge in [-0.25, -0.2) is 0 Å². The minimum atomic E-state index is 1.16. The van der Waals surface area contributed by atoms with Gasteiger partial charge in [-0.1, -0.05) is 115 Å². The van der Waals surface area contributed by atoms with Gasteiger partial charge in [-0.15, -0.1) is 0 Å². The Kier molecular flexibility index (Phi) is 5.24. The second kappa shape index (κ2) is 8.48. The van der Waals surface area contributed by atoms with Gasteiger partial charge >= 0.3 is 0 Å². The number of hydrogen-bond donors (Lipinski definition) is 1. The highest BCUT2D eigenvalue weighted by Crippen LogP contribution is 2.46. The van der Waals surface area contributed by atoms with Crippen molar-refractivity contribution in [2.24, 2.45) is 0 Å². The van der Waals surface area contributed by atoms with Crippen LogP contribution in [0.1, 0.15) is 22.3 Å². The molecule has 4 aromatic carbocycles. The molecule has 1 nitrogen and oxygen atoms in total. The summed E-state index contributed by atoms with van der Waals surface area (Å²) in [5, 5.41) is 3.68. The molecule has 0 spiro atoms. The number of anilines is 2. The van der Waals surface area contributed by atoms with Crippen LogP contribution in [0.15, 0.2) is 107 Å². The largest absolute Gasteiger partial charge is 0.353 e. The molecule has 0 fully saturated rings. The first-order chi connectivity index (χ1) is 14.9. The van der Waals surface area contributed by atoms with Crippen LogP contribution in [-0.4, -0.2) is 0 Å². The molecule has 1 heterocycles. The minimum Gasteiger partial charge on any atom is -0.353 e. The van der Waals surface area contributed by atoms with E-state index in [9.17, 15) is 0 Å². The lowest BCUT2D eigenvalue weighted by Gasteiger charge is -2.23. The summed E-state index contributed by atoms with van der Waals surface area (Å²) in [5.41, 5.74) is 7.11. The molecule has 0 unspecified atom stereocenters. The molecule has 0 atom stereocenters. The first kappa shape index (κ1) is 18.5. The Balaban J connectivity index is 1.59. The van der Waals surface area contributed by atoms with Crippen molar-refractivity contribution < 1.29 is 0 Å². The highest BCUT2D eigenvalue weighted by Gasteiger charge is 2.18. The van der Waals surface area contributed by atoms with Crippen LogP contribution in [0.2, 0.25) is 0 Å². The third kappa shape index (κ3) is 3.96. The zero-order valence-corrected chi connectivity index (χ0v) is 17.3. The molecule has 0 bridgehead atoms. The van der Waals surface area contributed by atoms with Crippen molar-refractivity contribution in [3.63, 3.8) is 0 Å². The summed E-state index contributed by atoms with van der Waals surface area (Å²) in [7, 11) is 0. The quantitative estimate of drug-likeness (QED) is 0.303. The summed E-state index contributed by atoms with van der Waals surface area (Å²) < 4.78 is 0. The molecule has 4 aromatic rings. The normalized spacial score (nSPS) is 12.5. The fraction of sp³-hybridized carbons (Fsp3) is 0. The van der Waals surface area contributed by atoms with E-state index in [4.69, 9.17) is 0 Å². The van der Waals surface area contributed by atoms with Gasteiger partial charge in [-0.2, -0.15) is 0 Å². The predicted molar refractivity (Wildman–Crippen MR) is 131 cm³/mol. The van der Waals surface area contributed by atoms with Gasteiger partial charge in [0, 0.05) is 15.4 Å². The number of hydrogen-bond acceptors (Lipinski definition) is 2. The topological polar surface area (TPSA) is 12.0 Å².